The van der Waals surface area contributed by atoms with Crippen LogP contribution in [0.15, 0.2) is 18.2 Å². The third-order valence-electron chi connectivity index (χ3n) is 2.96. The molecule has 1 aliphatic heterocycles. The Balaban J connectivity index is 2.37. The van der Waals surface area contributed by atoms with Crippen molar-refractivity contribution in [2.75, 3.05) is 13.1 Å². The van der Waals surface area contributed by atoms with Crippen LogP contribution in [0, 0.1) is 10.1 Å². The molecule has 0 unspecified atom stereocenters. The number of nitro groups is 1. The molecule has 0 atom stereocenters. The number of hydrogen-bond donors (Lipinski definition) is 0. The highest BCUT2D eigenvalue weighted by molar-refractivity contribution is 5.46. The Kier molecular flexibility index (Phi) is 2.68. The molecule has 0 aliphatic carbocycles. The fourth-order valence-corrected chi connectivity index (χ4v) is 2.09. The SMILES string of the molecule is CCN1CCc2c(cccc2[N+](=O)[O-])C1. The maximum atomic E-state index is 10.8. The molecule has 4 heteroatoms. The molecule has 0 N–H and O–H groups in total. The van der Waals surface area contributed by atoms with Gasteiger partial charge in [0.15, 0.2) is 0 Å². The predicted molar refractivity (Wildman–Crippen MR) is 57.8 cm³/mol. The Morgan fingerprint density at radius 2 is 2.33 bits per heavy atom. The molecule has 0 radical (unpaired) electrons. The van der Waals surface area contributed by atoms with Crippen LogP contribution >= 0.6 is 0 Å². The van der Waals surface area contributed by atoms with E-state index in [9.17, 15) is 10.1 Å². The molecule has 15 heavy (non-hydrogen) atoms. The van der Waals surface area contributed by atoms with Crippen LogP contribution in [0.1, 0.15) is 18.1 Å². The summed E-state index contributed by atoms with van der Waals surface area (Å²) in [7, 11) is 0. The molecule has 0 amide bonds. The number of benzene rings is 1. The zero-order chi connectivity index (χ0) is 10.8. The maximum Gasteiger partial charge on any atom is 0.272 e. The van der Waals surface area contributed by atoms with Gasteiger partial charge in [-0.3, -0.25) is 15.0 Å². The van der Waals surface area contributed by atoms with Gasteiger partial charge in [-0.05, 0) is 18.5 Å². The van der Waals surface area contributed by atoms with Gasteiger partial charge in [-0.25, -0.2) is 0 Å². The van der Waals surface area contributed by atoms with Gasteiger partial charge in [-0.2, -0.15) is 0 Å². The number of nitro benzene ring substituents is 1. The van der Waals surface area contributed by atoms with Crippen molar-refractivity contribution in [2.24, 2.45) is 0 Å². The molecule has 0 aromatic heterocycles. The first-order chi connectivity index (χ1) is 7.22. The fraction of sp³-hybridized carbons (Fsp3) is 0.455. The molecule has 0 bridgehead atoms. The van der Waals surface area contributed by atoms with Crippen molar-refractivity contribution in [2.45, 2.75) is 19.9 Å². The lowest BCUT2D eigenvalue weighted by Crippen LogP contribution is -2.30. The molecule has 1 heterocycles. The summed E-state index contributed by atoms with van der Waals surface area (Å²) in [4.78, 5) is 12.8. The lowest BCUT2D eigenvalue weighted by Gasteiger charge is -2.26. The first-order valence-corrected chi connectivity index (χ1v) is 5.20. The monoisotopic (exact) mass is 206 g/mol. The molecule has 2 rings (SSSR count). The highest BCUT2D eigenvalue weighted by atomic mass is 16.6. The van der Waals surface area contributed by atoms with E-state index in [4.69, 9.17) is 0 Å². The van der Waals surface area contributed by atoms with E-state index >= 15 is 0 Å². The van der Waals surface area contributed by atoms with Gasteiger partial charge < -0.3 is 0 Å². The van der Waals surface area contributed by atoms with E-state index in [0.29, 0.717) is 0 Å². The lowest BCUT2D eigenvalue weighted by molar-refractivity contribution is -0.385. The summed E-state index contributed by atoms with van der Waals surface area (Å²) < 4.78 is 0. The van der Waals surface area contributed by atoms with Crippen molar-refractivity contribution in [1.29, 1.82) is 0 Å². The first-order valence-electron chi connectivity index (χ1n) is 5.20. The number of nitrogens with zero attached hydrogens (tertiary/aromatic N) is 2. The largest absolute Gasteiger partial charge is 0.299 e. The summed E-state index contributed by atoms with van der Waals surface area (Å²) in [5, 5.41) is 10.8. The van der Waals surface area contributed by atoms with Crippen LogP contribution in [0.25, 0.3) is 0 Å². The van der Waals surface area contributed by atoms with Crippen LogP contribution in [0.3, 0.4) is 0 Å². The van der Waals surface area contributed by atoms with Gasteiger partial charge in [0.2, 0.25) is 0 Å². The number of rotatable bonds is 2. The number of likely N-dealkylation sites (N-methyl/N-ethyl adjacent to an activating group) is 1. The van der Waals surface area contributed by atoms with Crippen LogP contribution in [0.5, 0.6) is 0 Å². The Hall–Kier alpha value is -1.42. The standard InChI is InChI=1S/C11H14N2O2/c1-2-12-7-6-10-9(8-12)4-3-5-11(10)13(14)15/h3-5H,2,6-8H2,1H3. The predicted octanol–water partition coefficient (Wildman–Crippen LogP) is 1.97. The van der Waals surface area contributed by atoms with Gasteiger partial charge in [-0.1, -0.05) is 19.1 Å². The molecule has 4 nitrogen and oxygen atoms in total. The maximum absolute atomic E-state index is 10.8. The van der Waals surface area contributed by atoms with Gasteiger partial charge in [0.05, 0.1) is 4.92 Å². The lowest BCUT2D eigenvalue weighted by atomic mass is 9.98. The van der Waals surface area contributed by atoms with Crippen LogP contribution in [-0.4, -0.2) is 22.9 Å². The van der Waals surface area contributed by atoms with E-state index in [2.05, 4.69) is 11.8 Å². The average Bonchev–Trinajstić information content (AvgIpc) is 2.27. The van der Waals surface area contributed by atoms with Crippen LogP contribution < -0.4 is 0 Å². The van der Waals surface area contributed by atoms with E-state index in [-0.39, 0.29) is 10.6 Å². The molecular weight excluding hydrogens is 192 g/mol. The van der Waals surface area contributed by atoms with Crippen LogP contribution in [0.2, 0.25) is 0 Å². The number of fused-ring (bicyclic) bond motifs is 1. The second kappa shape index (κ2) is 3.98. The second-order valence-electron chi connectivity index (χ2n) is 3.79. The van der Waals surface area contributed by atoms with Crippen molar-refractivity contribution >= 4 is 5.69 Å². The molecule has 1 aromatic rings. The Labute approximate surface area is 88.7 Å². The van der Waals surface area contributed by atoms with E-state index in [1.54, 1.807) is 12.1 Å². The molecular formula is C11H14N2O2. The third kappa shape index (κ3) is 1.85. The number of hydrogen-bond acceptors (Lipinski definition) is 3. The Bertz CT molecular complexity index is 390. The molecule has 1 aromatic carbocycles. The molecule has 0 spiro atoms. The van der Waals surface area contributed by atoms with Gasteiger partial charge in [0.25, 0.3) is 5.69 Å². The first kappa shape index (κ1) is 10.1. The van der Waals surface area contributed by atoms with Gasteiger partial charge >= 0.3 is 0 Å². The van der Waals surface area contributed by atoms with Gasteiger partial charge in [0, 0.05) is 24.7 Å². The van der Waals surface area contributed by atoms with Crippen molar-refractivity contribution < 1.29 is 4.92 Å². The van der Waals surface area contributed by atoms with E-state index < -0.39 is 0 Å². The molecule has 0 saturated heterocycles. The van der Waals surface area contributed by atoms with E-state index in [1.807, 2.05) is 6.07 Å². The second-order valence-corrected chi connectivity index (χ2v) is 3.79. The third-order valence-corrected chi connectivity index (χ3v) is 2.96. The summed E-state index contributed by atoms with van der Waals surface area (Å²) in [6.45, 7) is 4.88. The topological polar surface area (TPSA) is 46.4 Å². The fourth-order valence-electron chi connectivity index (χ4n) is 2.09. The summed E-state index contributed by atoms with van der Waals surface area (Å²) >= 11 is 0. The average molecular weight is 206 g/mol. The van der Waals surface area contributed by atoms with Crippen LogP contribution in [-0.2, 0) is 13.0 Å². The normalized spacial score (nSPS) is 16.1. The van der Waals surface area contributed by atoms with Crippen molar-refractivity contribution in [3.63, 3.8) is 0 Å². The van der Waals surface area contributed by atoms with Gasteiger partial charge in [0.1, 0.15) is 0 Å². The zero-order valence-electron chi connectivity index (χ0n) is 8.77. The summed E-state index contributed by atoms with van der Waals surface area (Å²) in [6.07, 6.45) is 0.792. The summed E-state index contributed by atoms with van der Waals surface area (Å²) in [5.41, 5.74) is 2.31. The van der Waals surface area contributed by atoms with Gasteiger partial charge in [-0.15, -0.1) is 0 Å². The Morgan fingerprint density at radius 1 is 1.53 bits per heavy atom. The molecule has 80 valence electrons. The highest BCUT2D eigenvalue weighted by Crippen LogP contribution is 2.27. The molecule has 1 aliphatic rings. The minimum atomic E-state index is -0.277. The zero-order valence-corrected chi connectivity index (χ0v) is 8.77. The minimum Gasteiger partial charge on any atom is -0.299 e. The molecule has 0 fully saturated rings. The minimum absolute atomic E-state index is 0.277. The smallest absolute Gasteiger partial charge is 0.272 e. The van der Waals surface area contributed by atoms with E-state index in [0.717, 1.165) is 37.2 Å². The summed E-state index contributed by atoms with van der Waals surface area (Å²) in [5.74, 6) is 0. The Morgan fingerprint density at radius 3 is 3.00 bits per heavy atom. The summed E-state index contributed by atoms with van der Waals surface area (Å²) in [6, 6.07) is 5.36. The van der Waals surface area contributed by atoms with Crippen molar-refractivity contribution in [3.8, 4) is 0 Å². The van der Waals surface area contributed by atoms with E-state index in [1.165, 1.54) is 0 Å². The molecule has 0 saturated carbocycles. The quantitative estimate of drug-likeness (QED) is 0.549. The van der Waals surface area contributed by atoms with Crippen LogP contribution in [0.4, 0.5) is 5.69 Å². The highest BCUT2D eigenvalue weighted by Gasteiger charge is 2.22. The van der Waals surface area contributed by atoms with Crippen molar-refractivity contribution in [1.82, 2.24) is 4.90 Å². The van der Waals surface area contributed by atoms with Crippen molar-refractivity contribution in [3.05, 3.63) is 39.4 Å².